The zero-order valence-corrected chi connectivity index (χ0v) is 16.2. The van der Waals surface area contributed by atoms with Crippen LogP contribution in [0.4, 0.5) is 20.7 Å². The number of amides is 1. The lowest BCUT2D eigenvalue weighted by Crippen LogP contribution is -2.34. The number of carbonyl (C=O) groups is 1. The Morgan fingerprint density at radius 1 is 1.43 bits per heavy atom. The number of anilines is 2. The first-order chi connectivity index (χ1) is 13.7. The van der Waals surface area contributed by atoms with Crippen molar-refractivity contribution in [3.05, 3.63) is 48.0 Å². The van der Waals surface area contributed by atoms with Crippen molar-refractivity contribution in [1.29, 1.82) is 0 Å². The van der Waals surface area contributed by atoms with Gasteiger partial charge in [0.2, 0.25) is 0 Å². The predicted molar refractivity (Wildman–Crippen MR) is 105 cm³/mol. The summed E-state index contributed by atoms with van der Waals surface area (Å²) in [6.07, 6.45) is 3.38. The molecule has 148 valence electrons. The minimum atomic E-state index is -0.512. The maximum Gasteiger partial charge on any atom is 0.414 e. The van der Waals surface area contributed by atoms with Crippen molar-refractivity contribution >= 4 is 34.9 Å². The summed E-state index contributed by atoms with van der Waals surface area (Å²) >= 11 is 1.84. The van der Waals surface area contributed by atoms with Crippen molar-refractivity contribution in [1.82, 2.24) is 5.16 Å². The van der Waals surface area contributed by atoms with E-state index in [1.807, 2.05) is 11.8 Å². The maximum atomic E-state index is 14.7. The number of benzene rings is 1. The summed E-state index contributed by atoms with van der Waals surface area (Å²) < 4.78 is 24.9. The molecule has 9 heteroatoms. The number of nitrogens with zero attached hydrogens (tertiary/aromatic N) is 3. The molecule has 3 heterocycles. The summed E-state index contributed by atoms with van der Waals surface area (Å²) in [6.45, 7) is 0.561. The van der Waals surface area contributed by atoms with Crippen LogP contribution < -0.4 is 9.96 Å². The Labute approximate surface area is 166 Å². The second kappa shape index (κ2) is 8.24. The molecule has 1 aromatic heterocycles. The van der Waals surface area contributed by atoms with Crippen LogP contribution >= 0.6 is 11.8 Å². The van der Waals surface area contributed by atoms with Gasteiger partial charge < -0.3 is 9.26 Å². The molecule has 0 saturated carbocycles. The van der Waals surface area contributed by atoms with E-state index < -0.39 is 12.2 Å². The standard InChI is InChI=1S/C19H20FN3O4S/c1-25-23(18-4-7-26-21-18)12-15-11-22(19(24)27-15)14-2-3-16(17(20)10-14)13-5-8-28-9-6-13/h2-5,7,10,15H,6,8-9,11-12H2,1H3. The average molecular weight is 405 g/mol. The molecule has 1 amide bonds. The van der Waals surface area contributed by atoms with Crippen molar-refractivity contribution < 1.29 is 23.3 Å². The molecule has 2 aliphatic rings. The molecule has 1 unspecified atom stereocenters. The number of cyclic esters (lactones) is 1. The lowest BCUT2D eigenvalue weighted by atomic mass is 10.0. The molecule has 1 saturated heterocycles. The van der Waals surface area contributed by atoms with Gasteiger partial charge in [-0.2, -0.15) is 11.8 Å². The highest BCUT2D eigenvalue weighted by Crippen LogP contribution is 2.31. The van der Waals surface area contributed by atoms with Gasteiger partial charge in [-0.15, -0.1) is 0 Å². The van der Waals surface area contributed by atoms with Crippen LogP contribution in [0.2, 0.25) is 0 Å². The first-order valence-electron chi connectivity index (χ1n) is 8.92. The first kappa shape index (κ1) is 18.8. The Hall–Kier alpha value is -2.52. The zero-order chi connectivity index (χ0) is 19.5. The van der Waals surface area contributed by atoms with E-state index in [0.29, 0.717) is 17.1 Å². The highest BCUT2D eigenvalue weighted by atomic mass is 32.2. The summed E-state index contributed by atoms with van der Waals surface area (Å²) in [6, 6.07) is 6.54. The predicted octanol–water partition coefficient (Wildman–Crippen LogP) is 3.73. The van der Waals surface area contributed by atoms with Crippen LogP contribution in [0.15, 0.2) is 41.1 Å². The summed E-state index contributed by atoms with van der Waals surface area (Å²) in [5, 5.41) is 5.28. The molecular weight excluding hydrogens is 385 g/mol. The molecule has 0 aliphatic carbocycles. The van der Waals surface area contributed by atoms with E-state index >= 15 is 0 Å². The van der Waals surface area contributed by atoms with Crippen LogP contribution in [-0.4, -0.2) is 49.1 Å². The third-order valence-electron chi connectivity index (χ3n) is 4.72. The van der Waals surface area contributed by atoms with E-state index in [1.54, 1.807) is 18.2 Å². The minimum Gasteiger partial charge on any atom is -0.442 e. The Kier molecular flexibility index (Phi) is 5.54. The molecule has 1 aromatic carbocycles. The number of rotatable bonds is 6. The topological polar surface area (TPSA) is 68.0 Å². The van der Waals surface area contributed by atoms with E-state index in [9.17, 15) is 9.18 Å². The quantitative estimate of drug-likeness (QED) is 0.679. The molecule has 7 nitrogen and oxygen atoms in total. The summed E-state index contributed by atoms with van der Waals surface area (Å²) in [7, 11) is 1.50. The van der Waals surface area contributed by atoms with Crippen LogP contribution in [-0.2, 0) is 9.57 Å². The van der Waals surface area contributed by atoms with E-state index in [1.165, 1.54) is 29.4 Å². The number of hydrogen-bond donors (Lipinski definition) is 0. The van der Waals surface area contributed by atoms with Gasteiger partial charge in [-0.3, -0.25) is 9.74 Å². The summed E-state index contributed by atoms with van der Waals surface area (Å²) in [5.41, 5.74) is 2.10. The largest absolute Gasteiger partial charge is 0.442 e. The fourth-order valence-electron chi connectivity index (χ4n) is 3.31. The molecule has 0 spiro atoms. The van der Waals surface area contributed by atoms with E-state index in [2.05, 4.69) is 11.2 Å². The molecule has 4 rings (SSSR count). The van der Waals surface area contributed by atoms with Crippen LogP contribution in [0.1, 0.15) is 12.0 Å². The fraction of sp³-hybridized carbons (Fsp3) is 0.368. The molecule has 1 fully saturated rings. The first-order valence-corrected chi connectivity index (χ1v) is 10.1. The second-order valence-corrected chi connectivity index (χ2v) is 7.59. The molecular formula is C19H20FN3O4S. The monoisotopic (exact) mass is 405 g/mol. The molecule has 28 heavy (non-hydrogen) atoms. The van der Waals surface area contributed by atoms with Gasteiger partial charge in [-0.05, 0) is 35.9 Å². The van der Waals surface area contributed by atoms with Crippen LogP contribution in [0.25, 0.3) is 5.57 Å². The Balaban J connectivity index is 1.47. The van der Waals surface area contributed by atoms with Crippen molar-refractivity contribution in [2.45, 2.75) is 12.5 Å². The van der Waals surface area contributed by atoms with Crippen molar-refractivity contribution in [2.75, 3.05) is 41.7 Å². The minimum absolute atomic E-state index is 0.274. The molecule has 2 aliphatic heterocycles. The lowest BCUT2D eigenvalue weighted by molar-refractivity contribution is 0.103. The Morgan fingerprint density at radius 3 is 3.00 bits per heavy atom. The number of carbonyl (C=O) groups excluding carboxylic acids is 1. The highest BCUT2D eigenvalue weighted by Gasteiger charge is 2.34. The molecule has 0 bridgehead atoms. The van der Waals surface area contributed by atoms with Gasteiger partial charge >= 0.3 is 6.09 Å². The lowest BCUT2D eigenvalue weighted by Gasteiger charge is -2.21. The average Bonchev–Trinajstić information content (AvgIpc) is 3.36. The number of hydroxylamine groups is 1. The number of ether oxygens (including phenoxy) is 1. The smallest absolute Gasteiger partial charge is 0.414 e. The van der Waals surface area contributed by atoms with E-state index in [0.717, 1.165) is 23.5 Å². The third kappa shape index (κ3) is 3.85. The SMILES string of the molecule is CON(CC1CN(c2ccc(C3=CCSCC3)c(F)c2)C(=O)O1)c1ccon1. The molecule has 1 atom stereocenters. The fourth-order valence-corrected chi connectivity index (χ4v) is 4.16. The normalized spacial score (nSPS) is 19.5. The van der Waals surface area contributed by atoms with E-state index in [4.69, 9.17) is 14.1 Å². The van der Waals surface area contributed by atoms with Gasteiger partial charge in [-0.1, -0.05) is 11.2 Å². The molecule has 2 aromatic rings. The van der Waals surface area contributed by atoms with Gasteiger partial charge in [0.05, 0.1) is 25.9 Å². The Bertz CT molecular complexity index is 874. The van der Waals surface area contributed by atoms with Crippen molar-refractivity contribution in [3.63, 3.8) is 0 Å². The summed E-state index contributed by atoms with van der Waals surface area (Å²) in [5.74, 6) is 2.05. The number of allylic oxidation sites excluding steroid dienone is 1. The zero-order valence-electron chi connectivity index (χ0n) is 15.3. The van der Waals surface area contributed by atoms with Crippen molar-refractivity contribution in [2.24, 2.45) is 0 Å². The van der Waals surface area contributed by atoms with Gasteiger partial charge in [0.15, 0.2) is 5.82 Å². The van der Waals surface area contributed by atoms with Crippen LogP contribution in [0.3, 0.4) is 0 Å². The second-order valence-electron chi connectivity index (χ2n) is 6.44. The third-order valence-corrected chi connectivity index (χ3v) is 5.61. The van der Waals surface area contributed by atoms with Gasteiger partial charge in [0.1, 0.15) is 18.2 Å². The highest BCUT2D eigenvalue weighted by molar-refractivity contribution is 7.99. The van der Waals surface area contributed by atoms with Crippen LogP contribution in [0, 0.1) is 5.82 Å². The summed E-state index contributed by atoms with van der Waals surface area (Å²) in [4.78, 5) is 19.0. The van der Waals surface area contributed by atoms with Crippen LogP contribution in [0.5, 0.6) is 0 Å². The van der Waals surface area contributed by atoms with E-state index in [-0.39, 0.29) is 18.9 Å². The number of halogens is 1. The number of thioether (sulfide) groups is 1. The van der Waals surface area contributed by atoms with Crippen molar-refractivity contribution in [3.8, 4) is 0 Å². The Morgan fingerprint density at radius 2 is 2.32 bits per heavy atom. The van der Waals surface area contributed by atoms with Gasteiger partial charge in [0, 0.05) is 17.4 Å². The van der Waals surface area contributed by atoms with Gasteiger partial charge in [-0.25, -0.2) is 14.2 Å². The molecule has 0 radical (unpaired) electrons. The maximum absolute atomic E-state index is 14.7. The number of hydrogen-bond acceptors (Lipinski definition) is 7. The molecule has 0 N–H and O–H groups in total. The number of aromatic nitrogens is 1. The van der Waals surface area contributed by atoms with Gasteiger partial charge in [0.25, 0.3) is 0 Å².